The van der Waals surface area contributed by atoms with E-state index in [-0.39, 0.29) is 54.7 Å². The normalized spacial score (nSPS) is 23.2. The van der Waals surface area contributed by atoms with Crippen molar-refractivity contribution in [1.29, 1.82) is 0 Å². The molecule has 12 heteroatoms. The molecule has 2 saturated heterocycles. The number of hydrogen-bond donors (Lipinski definition) is 2. The Morgan fingerprint density at radius 1 is 1.47 bits per heavy atom. The molecule has 1 aromatic heterocycles. The number of hydrogen-bond acceptors (Lipinski definition) is 5. The van der Waals surface area contributed by atoms with Gasteiger partial charge in [0.25, 0.3) is 5.92 Å². The number of rotatable bonds is 6. The number of aromatic nitrogens is 1. The number of alkyl halides is 4. The van der Waals surface area contributed by atoms with Gasteiger partial charge in [0.15, 0.2) is 11.6 Å². The summed E-state index contributed by atoms with van der Waals surface area (Å²) in [6.07, 6.45) is -2.46. The highest BCUT2D eigenvalue weighted by Gasteiger charge is 2.49. The van der Waals surface area contributed by atoms with E-state index >= 15 is 0 Å². The van der Waals surface area contributed by atoms with Gasteiger partial charge in [-0.25, -0.2) is 22.0 Å². The lowest BCUT2D eigenvalue weighted by Crippen LogP contribution is -2.50. The van der Waals surface area contributed by atoms with Crippen molar-refractivity contribution in [3.8, 4) is 5.88 Å². The van der Waals surface area contributed by atoms with E-state index in [2.05, 4.69) is 15.6 Å². The maximum Gasteiger partial charge on any atom is 0.259 e. The average molecular weight is 459 g/mol. The van der Waals surface area contributed by atoms with Crippen LogP contribution in [0.1, 0.15) is 24.8 Å². The number of nitrogens with one attached hydrogen (secondary N) is 2. The van der Waals surface area contributed by atoms with Crippen LogP contribution in [0.2, 0.25) is 0 Å². The zero-order valence-corrected chi connectivity index (χ0v) is 17.1. The average Bonchev–Trinajstić information content (AvgIpc) is 3.21. The Hall–Kier alpha value is -1.88. The molecule has 2 N–H and O–H groups in total. The van der Waals surface area contributed by atoms with Crippen LogP contribution < -0.4 is 20.3 Å². The fourth-order valence-corrected chi connectivity index (χ4v) is 3.63. The third-order valence-corrected chi connectivity index (χ3v) is 5.30. The van der Waals surface area contributed by atoms with E-state index in [0.717, 1.165) is 23.9 Å². The smallest absolute Gasteiger partial charge is 0.259 e. The number of anilines is 1. The van der Waals surface area contributed by atoms with Crippen LogP contribution in [0.3, 0.4) is 0 Å². The topological polar surface area (TPSA) is 66.5 Å². The number of carbonyl (C=O) groups is 1. The Bertz CT molecular complexity index is 750. The van der Waals surface area contributed by atoms with E-state index in [1.807, 2.05) is 0 Å². The first-order valence-corrected chi connectivity index (χ1v) is 9.38. The lowest BCUT2D eigenvalue weighted by atomic mass is 9.94. The first kappa shape index (κ1) is 24.4. The summed E-state index contributed by atoms with van der Waals surface area (Å²) in [6.45, 7) is -0.323. The molecule has 3 rings (SSSR count). The minimum absolute atomic E-state index is 0. The maximum atomic E-state index is 14.6. The number of methoxy groups -OCH3 is 1. The van der Waals surface area contributed by atoms with E-state index in [1.165, 1.54) is 7.11 Å². The van der Waals surface area contributed by atoms with Crippen molar-refractivity contribution >= 4 is 24.1 Å². The number of amides is 1. The second kappa shape index (κ2) is 9.95. The van der Waals surface area contributed by atoms with Gasteiger partial charge in [-0.2, -0.15) is 4.98 Å². The summed E-state index contributed by atoms with van der Waals surface area (Å²) in [5.74, 6) is -7.15. The summed E-state index contributed by atoms with van der Waals surface area (Å²) < 4.78 is 73.3. The molecule has 6 nitrogen and oxygen atoms in total. The number of halogens is 6. The predicted molar refractivity (Wildman–Crippen MR) is 102 cm³/mol. The van der Waals surface area contributed by atoms with Crippen LogP contribution in [0.25, 0.3) is 0 Å². The third-order valence-electron chi connectivity index (χ3n) is 5.30. The molecular formula is C18H24ClF5N4O2. The molecule has 1 amide bonds. The summed E-state index contributed by atoms with van der Waals surface area (Å²) in [4.78, 5) is 17.2. The molecule has 170 valence electrons. The molecule has 2 aliphatic heterocycles. The second-order valence-corrected chi connectivity index (χ2v) is 7.23. The van der Waals surface area contributed by atoms with Crippen LogP contribution in [0.4, 0.5) is 27.8 Å². The zero-order chi connectivity index (χ0) is 21.2. The second-order valence-electron chi connectivity index (χ2n) is 7.23. The van der Waals surface area contributed by atoms with Gasteiger partial charge in [0.05, 0.1) is 13.2 Å². The van der Waals surface area contributed by atoms with Gasteiger partial charge in [-0.05, 0) is 25.5 Å². The lowest BCUT2D eigenvalue weighted by molar-refractivity contribution is -0.125. The highest BCUT2D eigenvalue weighted by molar-refractivity contribution is 5.85. The van der Waals surface area contributed by atoms with Crippen LogP contribution in [0.15, 0.2) is 6.07 Å². The number of ether oxygens (including phenoxy) is 1. The van der Waals surface area contributed by atoms with Gasteiger partial charge in [-0.1, -0.05) is 0 Å². The maximum absolute atomic E-state index is 14.6. The Morgan fingerprint density at radius 2 is 2.20 bits per heavy atom. The van der Waals surface area contributed by atoms with Gasteiger partial charge in [-0.15, -0.1) is 12.4 Å². The van der Waals surface area contributed by atoms with Crippen LogP contribution in [0.5, 0.6) is 5.88 Å². The monoisotopic (exact) mass is 458 g/mol. The fraction of sp³-hybridized carbons (Fsp3) is 0.667. The largest absolute Gasteiger partial charge is 0.481 e. The van der Waals surface area contributed by atoms with Crippen molar-refractivity contribution in [3.63, 3.8) is 0 Å². The minimum Gasteiger partial charge on any atom is -0.481 e. The van der Waals surface area contributed by atoms with E-state index < -0.39 is 37.0 Å². The summed E-state index contributed by atoms with van der Waals surface area (Å²) in [5, 5.41) is 5.72. The van der Waals surface area contributed by atoms with Crippen LogP contribution in [0, 0.1) is 11.7 Å². The molecule has 0 aliphatic carbocycles. The zero-order valence-electron chi connectivity index (χ0n) is 16.3. The SMILES string of the molecule is COc1nc(N2CCC(F)(F)C(C(F)F)C2)c(F)cc1CNC(=O)[C@@H]1CCCN1.Cl. The van der Waals surface area contributed by atoms with Crippen molar-refractivity contribution in [2.24, 2.45) is 5.92 Å². The molecule has 2 fully saturated rings. The fourth-order valence-electron chi connectivity index (χ4n) is 3.63. The van der Waals surface area contributed by atoms with Crippen molar-refractivity contribution in [3.05, 3.63) is 17.4 Å². The van der Waals surface area contributed by atoms with E-state index in [4.69, 9.17) is 4.74 Å². The summed E-state index contributed by atoms with van der Waals surface area (Å²) >= 11 is 0. The molecule has 2 atom stereocenters. The summed E-state index contributed by atoms with van der Waals surface area (Å²) in [5.41, 5.74) is 0.257. The quantitative estimate of drug-likeness (QED) is 0.642. The number of pyridine rings is 1. The standard InChI is InChI=1S/C18H23F5N4O2.ClH/c1-29-17-10(8-25-16(28)13-3-2-5-24-13)7-12(19)15(26-17)27-6-4-18(22,23)11(9-27)14(20)21;/h7,11,13-14,24H,2-6,8-9H2,1H3,(H,25,28);1H/t11?,13-;/m0./s1. The molecule has 3 heterocycles. The summed E-state index contributed by atoms with van der Waals surface area (Å²) in [7, 11) is 1.29. The Kier molecular flexibility index (Phi) is 8.09. The van der Waals surface area contributed by atoms with E-state index in [9.17, 15) is 26.7 Å². The molecule has 0 aromatic carbocycles. The summed E-state index contributed by atoms with van der Waals surface area (Å²) in [6, 6.07) is 0.771. The molecular weight excluding hydrogens is 435 g/mol. The molecule has 0 saturated carbocycles. The first-order chi connectivity index (χ1) is 13.7. The number of nitrogens with zero attached hydrogens (tertiary/aromatic N) is 2. The van der Waals surface area contributed by atoms with E-state index in [0.29, 0.717) is 6.42 Å². The predicted octanol–water partition coefficient (Wildman–Crippen LogP) is 2.75. The highest BCUT2D eigenvalue weighted by atomic mass is 35.5. The molecule has 1 aromatic rings. The van der Waals surface area contributed by atoms with Gasteiger partial charge < -0.3 is 20.3 Å². The van der Waals surface area contributed by atoms with Gasteiger partial charge in [0, 0.05) is 31.6 Å². The molecule has 2 aliphatic rings. The van der Waals surface area contributed by atoms with E-state index in [1.54, 1.807) is 0 Å². The van der Waals surface area contributed by atoms with Gasteiger partial charge in [-0.3, -0.25) is 4.79 Å². The van der Waals surface area contributed by atoms with Gasteiger partial charge >= 0.3 is 0 Å². The van der Waals surface area contributed by atoms with Crippen molar-refractivity contribution in [2.45, 2.75) is 44.2 Å². The number of carbonyl (C=O) groups excluding carboxylic acids is 1. The third kappa shape index (κ3) is 5.23. The highest BCUT2D eigenvalue weighted by Crippen LogP contribution is 2.39. The first-order valence-electron chi connectivity index (χ1n) is 9.38. The molecule has 1 unspecified atom stereocenters. The Labute approximate surface area is 176 Å². The molecule has 30 heavy (non-hydrogen) atoms. The Balaban J connectivity index is 0.00000320. The van der Waals surface area contributed by atoms with Gasteiger partial charge in [0.1, 0.15) is 5.92 Å². The lowest BCUT2D eigenvalue weighted by Gasteiger charge is -2.38. The van der Waals surface area contributed by atoms with Crippen molar-refractivity contribution in [2.75, 3.05) is 31.6 Å². The van der Waals surface area contributed by atoms with Crippen molar-refractivity contribution in [1.82, 2.24) is 15.6 Å². The number of piperidine rings is 1. The molecule has 0 bridgehead atoms. The van der Waals surface area contributed by atoms with Crippen LogP contribution in [-0.2, 0) is 11.3 Å². The van der Waals surface area contributed by atoms with Gasteiger partial charge in [0.2, 0.25) is 18.2 Å². The molecule has 0 radical (unpaired) electrons. The Morgan fingerprint density at radius 3 is 2.80 bits per heavy atom. The van der Waals surface area contributed by atoms with Crippen molar-refractivity contribution < 1.29 is 31.5 Å². The molecule has 0 spiro atoms. The van der Waals surface area contributed by atoms with Crippen LogP contribution >= 0.6 is 12.4 Å². The van der Waals surface area contributed by atoms with Crippen LogP contribution in [-0.4, -0.2) is 56.0 Å². The minimum atomic E-state index is -3.52.